The number of carbonyl (C=O) groups excluding carboxylic acids is 1. The Hall–Kier alpha value is -3.06. The Morgan fingerprint density at radius 2 is 1.65 bits per heavy atom. The predicted octanol–water partition coefficient (Wildman–Crippen LogP) is 6.49. The number of aliphatic carboxylic acids is 1. The number of carbonyl (C=O) groups is 2. The zero-order chi connectivity index (χ0) is 30.5. The van der Waals surface area contributed by atoms with E-state index in [4.69, 9.17) is 9.47 Å². The van der Waals surface area contributed by atoms with Crippen LogP contribution < -0.4 is 14.8 Å². The molecule has 1 amide bonds. The quantitative estimate of drug-likeness (QED) is 0.348. The van der Waals surface area contributed by atoms with Gasteiger partial charge in [0.15, 0.2) is 0 Å². The molecular weight excluding hydrogens is 540 g/mol. The molecule has 2 bridgehead atoms. The van der Waals surface area contributed by atoms with Gasteiger partial charge in [-0.15, -0.1) is 0 Å². The van der Waals surface area contributed by atoms with Crippen LogP contribution in [-0.2, 0) is 21.5 Å². The van der Waals surface area contributed by atoms with Crippen LogP contribution >= 0.6 is 0 Å². The summed E-state index contributed by atoms with van der Waals surface area (Å²) in [6.07, 6.45) is 8.57. The van der Waals surface area contributed by atoms with Crippen molar-refractivity contribution in [2.24, 2.45) is 23.2 Å². The van der Waals surface area contributed by atoms with E-state index in [0.717, 1.165) is 54.9 Å². The highest BCUT2D eigenvalue weighted by Gasteiger charge is 2.59. The maximum absolute atomic E-state index is 14.5. The molecule has 1 saturated heterocycles. The summed E-state index contributed by atoms with van der Waals surface area (Å²) >= 11 is 0. The standard InChI is InChI=1S/C36H48N2O5/c1-35(2,3)29-30(37-21-24-17-25(15-16-27(24)42-4)36-18-22(19-36)20-36)31(26-13-9-10-14-28(26)43-5)38(32(29)34(40)41)33(39)23-11-7-6-8-12-23/h9-10,13-17,22-23,29-32,37H,6-8,11-12,18-21H2,1-5H3,(H,40,41)/t22?,29-,30-,31-,32-,36?/m0/s1. The fourth-order valence-electron chi connectivity index (χ4n) is 8.83. The van der Waals surface area contributed by atoms with Crippen molar-refractivity contribution in [3.63, 3.8) is 0 Å². The first-order valence-electron chi connectivity index (χ1n) is 16.2. The molecule has 2 N–H and O–H groups in total. The molecule has 4 aliphatic carbocycles. The number of rotatable bonds is 9. The number of ether oxygens (including phenoxy) is 2. The zero-order valence-corrected chi connectivity index (χ0v) is 26.4. The van der Waals surface area contributed by atoms with Gasteiger partial charge in [0.2, 0.25) is 5.91 Å². The number of hydrogen-bond acceptors (Lipinski definition) is 5. The number of para-hydroxylation sites is 1. The van der Waals surface area contributed by atoms with E-state index in [9.17, 15) is 14.7 Å². The van der Waals surface area contributed by atoms with E-state index >= 15 is 0 Å². The lowest BCUT2D eigenvalue weighted by molar-refractivity contribution is -0.154. The molecule has 43 heavy (non-hydrogen) atoms. The number of benzene rings is 2. The summed E-state index contributed by atoms with van der Waals surface area (Å²) in [7, 11) is 3.34. The summed E-state index contributed by atoms with van der Waals surface area (Å²) in [6.45, 7) is 6.80. The number of nitrogens with zero attached hydrogens (tertiary/aromatic N) is 1. The second-order valence-electron chi connectivity index (χ2n) is 14.6. The van der Waals surface area contributed by atoms with Crippen LogP contribution in [-0.4, -0.2) is 48.2 Å². The molecule has 0 aromatic heterocycles. The summed E-state index contributed by atoms with van der Waals surface area (Å²) in [5, 5.41) is 14.7. The average molecular weight is 589 g/mol. The van der Waals surface area contributed by atoms with Gasteiger partial charge >= 0.3 is 5.97 Å². The maximum atomic E-state index is 14.5. The van der Waals surface area contributed by atoms with E-state index in [1.165, 1.54) is 24.8 Å². The van der Waals surface area contributed by atoms with Gasteiger partial charge in [0.25, 0.3) is 0 Å². The van der Waals surface area contributed by atoms with Crippen molar-refractivity contribution >= 4 is 11.9 Å². The Kier molecular flexibility index (Phi) is 7.99. The SMILES string of the molecule is COc1ccc(C23CC(C2)C3)cc1CN[C@H]1[C@H](C(C)(C)C)[C@@H](C(=O)O)N(C(=O)C2CCCCC2)[C@H]1c1ccccc1OC. The van der Waals surface area contributed by atoms with Gasteiger partial charge in [-0.2, -0.15) is 0 Å². The first-order chi connectivity index (χ1) is 20.6. The maximum Gasteiger partial charge on any atom is 0.326 e. The van der Waals surface area contributed by atoms with Crippen molar-refractivity contribution in [3.8, 4) is 11.5 Å². The molecule has 7 nitrogen and oxygen atoms in total. The minimum Gasteiger partial charge on any atom is -0.496 e. The Bertz CT molecular complexity index is 1340. The van der Waals surface area contributed by atoms with Crippen molar-refractivity contribution in [1.29, 1.82) is 0 Å². The molecule has 2 aromatic rings. The van der Waals surface area contributed by atoms with E-state index in [-0.39, 0.29) is 23.8 Å². The molecular formula is C36H48N2O5. The fourth-order valence-corrected chi connectivity index (χ4v) is 8.83. The van der Waals surface area contributed by atoms with Gasteiger partial charge in [-0.3, -0.25) is 4.79 Å². The highest BCUT2D eigenvalue weighted by Crippen LogP contribution is 2.65. The molecule has 0 unspecified atom stereocenters. The van der Waals surface area contributed by atoms with Gasteiger partial charge in [0.1, 0.15) is 17.5 Å². The van der Waals surface area contributed by atoms with Crippen molar-refractivity contribution in [3.05, 3.63) is 59.2 Å². The van der Waals surface area contributed by atoms with Crippen molar-refractivity contribution in [2.75, 3.05) is 14.2 Å². The van der Waals surface area contributed by atoms with Crippen LogP contribution in [0, 0.1) is 23.2 Å². The van der Waals surface area contributed by atoms with E-state index in [1.54, 1.807) is 19.1 Å². The smallest absolute Gasteiger partial charge is 0.326 e. The molecule has 4 atom stereocenters. The number of carboxylic acids is 1. The molecule has 0 radical (unpaired) electrons. The minimum atomic E-state index is -0.962. The molecule has 5 fully saturated rings. The molecule has 4 saturated carbocycles. The first kappa shape index (κ1) is 30.0. The van der Waals surface area contributed by atoms with Gasteiger partial charge in [-0.25, -0.2) is 4.79 Å². The van der Waals surface area contributed by atoms with E-state index < -0.39 is 23.5 Å². The van der Waals surface area contributed by atoms with Crippen LogP contribution in [0.2, 0.25) is 0 Å². The third-order valence-electron chi connectivity index (χ3n) is 11.0. The van der Waals surface area contributed by atoms with Crippen molar-refractivity contribution in [1.82, 2.24) is 10.2 Å². The van der Waals surface area contributed by atoms with Gasteiger partial charge < -0.3 is 24.8 Å². The van der Waals surface area contributed by atoms with Crippen LogP contribution in [0.5, 0.6) is 11.5 Å². The van der Waals surface area contributed by atoms with Crippen LogP contribution in [0.15, 0.2) is 42.5 Å². The lowest BCUT2D eigenvalue weighted by Crippen LogP contribution is -2.55. The first-order valence-corrected chi connectivity index (χ1v) is 16.2. The minimum absolute atomic E-state index is 0.0373. The summed E-state index contributed by atoms with van der Waals surface area (Å²) < 4.78 is 11.7. The number of hydrogen-bond donors (Lipinski definition) is 2. The van der Waals surface area contributed by atoms with E-state index in [2.05, 4.69) is 44.3 Å². The van der Waals surface area contributed by atoms with Gasteiger partial charge in [0, 0.05) is 35.5 Å². The number of methoxy groups -OCH3 is 2. The number of likely N-dealkylation sites (tertiary alicyclic amines) is 1. The van der Waals surface area contributed by atoms with Crippen LogP contribution in [0.1, 0.15) is 94.9 Å². The van der Waals surface area contributed by atoms with Crippen molar-refractivity contribution in [2.45, 2.75) is 102 Å². The lowest BCUT2D eigenvalue weighted by Gasteiger charge is -2.62. The van der Waals surface area contributed by atoms with Crippen molar-refractivity contribution < 1.29 is 24.2 Å². The molecule has 0 spiro atoms. The lowest BCUT2D eigenvalue weighted by atomic mass is 9.42. The second kappa shape index (κ2) is 11.5. The Labute approximate surface area is 256 Å². The Morgan fingerprint density at radius 3 is 2.23 bits per heavy atom. The summed E-state index contributed by atoms with van der Waals surface area (Å²) in [5.74, 6) is 0.893. The third-order valence-corrected chi connectivity index (χ3v) is 11.0. The van der Waals surface area contributed by atoms with Gasteiger partial charge in [-0.1, -0.05) is 70.4 Å². The summed E-state index contributed by atoms with van der Waals surface area (Å²) in [5.41, 5.74) is 3.22. The zero-order valence-electron chi connectivity index (χ0n) is 26.4. The van der Waals surface area contributed by atoms with E-state index in [0.29, 0.717) is 17.7 Å². The van der Waals surface area contributed by atoms with Gasteiger partial charge in [0.05, 0.1) is 20.3 Å². The molecule has 7 heteroatoms. The average Bonchev–Trinajstić information content (AvgIpc) is 3.30. The highest BCUT2D eigenvalue weighted by molar-refractivity contribution is 5.87. The Morgan fingerprint density at radius 1 is 0.977 bits per heavy atom. The third kappa shape index (κ3) is 5.22. The molecule has 5 aliphatic rings. The second-order valence-corrected chi connectivity index (χ2v) is 14.6. The summed E-state index contributed by atoms with van der Waals surface area (Å²) in [4.78, 5) is 29.4. The van der Waals surface area contributed by atoms with E-state index in [1.807, 2.05) is 24.3 Å². The normalized spacial score (nSPS) is 30.3. The molecule has 2 aromatic carbocycles. The van der Waals surface area contributed by atoms with Gasteiger partial charge in [-0.05, 0) is 66.5 Å². The molecule has 7 rings (SSSR count). The predicted molar refractivity (Wildman–Crippen MR) is 166 cm³/mol. The molecule has 1 heterocycles. The Balaban J connectivity index is 1.43. The number of carboxylic acid groups (broad SMARTS) is 1. The monoisotopic (exact) mass is 588 g/mol. The fraction of sp³-hybridized carbons (Fsp3) is 0.611. The summed E-state index contributed by atoms with van der Waals surface area (Å²) in [6, 6.07) is 12.6. The largest absolute Gasteiger partial charge is 0.496 e. The van der Waals surface area contributed by atoms with Crippen LogP contribution in [0.25, 0.3) is 0 Å². The van der Waals surface area contributed by atoms with Crippen LogP contribution in [0.4, 0.5) is 0 Å². The van der Waals surface area contributed by atoms with Crippen LogP contribution in [0.3, 0.4) is 0 Å². The molecule has 232 valence electrons. The topological polar surface area (TPSA) is 88.1 Å². The highest BCUT2D eigenvalue weighted by atomic mass is 16.5. The number of amides is 1. The molecule has 1 aliphatic heterocycles. The number of nitrogens with one attached hydrogen (secondary N) is 1.